The van der Waals surface area contributed by atoms with Crippen molar-refractivity contribution in [3.63, 3.8) is 0 Å². The third kappa shape index (κ3) is 1.29. The van der Waals surface area contributed by atoms with Gasteiger partial charge in [0, 0.05) is 11.8 Å². The first-order chi connectivity index (χ1) is 12.1. The average Bonchev–Trinajstić information content (AvgIpc) is 3.23. The number of aliphatic hydroxyl groups is 2. The molecular formula is C19H24O7. The molecule has 7 nitrogen and oxygen atoms in total. The number of aliphatic hydroxyl groups excluding tert-OH is 1. The van der Waals surface area contributed by atoms with Gasteiger partial charge >= 0.3 is 11.9 Å². The largest absolute Gasteiger partial charge is 0.481 e. The van der Waals surface area contributed by atoms with Crippen LogP contribution in [0.3, 0.4) is 0 Å². The standard InChI is InChI=1S/C19H24O7/c1-16(24)6-18-5-7(16)3-4-8(18)19-11(9(18)14(21)22)17(2,15(23)26-19)13-10(25-13)12(19)20/h7-13,20,24H,3-6H2,1-2H3,(H,21,22)/t7-,8-,9-,10+,11-,12+,13+,16-,17+,18-,19-/m1/s1. The molecule has 2 heterocycles. The Morgan fingerprint density at radius 2 is 2.00 bits per heavy atom. The molecule has 0 aromatic carbocycles. The first kappa shape index (κ1) is 15.8. The zero-order valence-electron chi connectivity index (χ0n) is 14.8. The van der Waals surface area contributed by atoms with Gasteiger partial charge < -0.3 is 24.8 Å². The van der Waals surface area contributed by atoms with Gasteiger partial charge in [0.25, 0.3) is 0 Å². The molecule has 0 unspecified atom stereocenters. The zero-order valence-corrected chi connectivity index (χ0v) is 14.8. The fraction of sp³-hybridized carbons (Fsp3) is 0.895. The van der Waals surface area contributed by atoms with Crippen LogP contribution in [-0.2, 0) is 19.1 Å². The van der Waals surface area contributed by atoms with E-state index in [1.165, 1.54) is 0 Å². The minimum Gasteiger partial charge on any atom is -0.481 e. The van der Waals surface area contributed by atoms with Crippen LogP contribution in [0.4, 0.5) is 0 Å². The third-order valence-electron chi connectivity index (χ3n) is 9.19. The van der Waals surface area contributed by atoms with E-state index in [0.717, 1.165) is 6.42 Å². The van der Waals surface area contributed by atoms with Gasteiger partial charge in [0.15, 0.2) is 0 Å². The smallest absolute Gasteiger partial charge is 0.315 e. The van der Waals surface area contributed by atoms with E-state index >= 15 is 0 Å². The first-order valence-electron chi connectivity index (χ1n) is 9.63. The van der Waals surface area contributed by atoms with Crippen molar-refractivity contribution in [3.8, 4) is 0 Å². The highest BCUT2D eigenvalue weighted by Gasteiger charge is 2.90. The monoisotopic (exact) mass is 364 g/mol. The van der Waals surface area contributed by atoms with Gasteiger partial charge in [-0.3, -0.25) is 9.59 Å². The van der Waals surface area contributed by atoms with E-state index in [-0.39, 0.29) is 11.8 Å². The number of esters is 1. The second-order valence-corrected chi connectivity index (χ2v) is 10.1. The van der Waals surface area contributed by atoms with Gasteiger partial charge in [0.05, 0.1) is 11.5 Å². The normalized spacial score (nSPS) is 66.6. The Labute approximate surface area is 150 Å². The third-order valence-corrected chi connectivity index (χ3v) is 9.19. The van der Waals surface area contributed by atoms with Crippen LogP contribution in [0.2, 0.25) is 0 Å². The molecule has 3 N–H and O–H groups in total. The molecule has 26 heavy (non-hydrogen) atoms. The number of ether oxygens (including phenoxy) is 2. The maximum atomic E-state index is 12.9. The van der Waals surface area contributed by atoms with Crippen LogP contribution in [0.1, 0.15) is 39.5 Å². The van der Waals surface area contributed by atoms with Crippen LogP contribution < -0.4 is 0 Å². The summed E-state index contributed by atoms with van der Waals surface area (Å²) in [4.78, 5) is 25.4. The quantitative estimate of drug-likeness (QED) is 0.453. The summed E-state index contributed by atoms with van der Waals surface area (Å²) in [6.07, 6.45) is 0.520. The topological polar surface area (TPSA) is 117 Å². The van der Waals surface area contributed by atoms with E-state index in [2.05, 4.69) is 0 Å². The highest BCUT2D eigenvalue weighted by atomic mass is 16.6. The van der Waals surface area contributed by atoms with Crippen LogP contribution >= 0.6 is 0 Å². The summed E-state index contributed by atoms with van der Waals surface area (Å²) in [5, 5.41) is 32.3. The average molecular weight is 364 g/mol. The van der Waals surface area contributed by atoms with E-state index < -0.39 is 64.1 Å². The molecule has 2 saturated heterocycles. The number of carboxylic acid groups (broad SMARTS) is 1. The highest BCUT2D eigenvalue weighted by Crippen LogP contribution is 2.80. The summed E-state index contributed by atoms with van der Waals surface area (Å²) < 4.78 is 11.6. The number of aliphatic carboxylic acids is 1. The molecule has 0 aromatic rings. The van der Waals surface area contributed by atoms with Crippen molar-refractivity contribution >= 4 is 11.9 Å². The number of carbonyl (C=O) groups is 2. The molecule has 6 fully saturated rings. The summed E-state index contributed by atoms with van der Waals surface area (Å²) >= 11 is 0. The number of carboxylic acids is 1. The minimum atomic E-state index is -1.20. The Morgan fingerprint density at radius 3 is 2.69 bits per heavy atom. The van der Waals surface area contributed by atoms with Gasteiger partial charge in [-0.05, 0) is 50.9 Å². The first-order valence-corrected chi connectivity index (χ1v) is 9.63. The molecular weight excluding hydrogens is 340 g/mol. The molecule has 4 saturated carbocycles. The molecule has 11 atom stereocenters. The Balaban J connectivity index is 1.62. The van der Waals surface area contributed by atoms with Gasteiger partial charge in [-0.1, -0.05) is 0 Å². The Hall–Kier alpha value is -1.18. The van der Waals surface area contributed by atoms with Crippen molar-refractivity contribution in [1.82, 2.24) is 0 Å². The number of hydrogen-bond acceptors (Lipinski definition) is 6. The number of rotatable bonds is 1. The number of epoxide rings is 1. The van der Waals surface area contributed by atoms with E-state index in [1.807, 2.05) is 0 Å². The van der Waals surface area contributed by atoms with Gasteiger partial charge in [0.2, 0.25) is 0 Å². The van der Waals surface area contributed by atoms with Gasteiger partial charge in [-0.2, -0.15) is 0 Å². The molecule has 4 aliphatic carbocycles. The lowest BCUT2D eigenvalue weighted by Crippen LogP contribution is -2.59. The van der Waals surface area contributed by atoms with Gasteiger partial charge in [-0.15, -0.1) is 0 Å². The maximum Gasteiger partial charge on any atom is 0.315 e. The van der Waals surface area contributed by atoms with Crippen LogP contribution in [0.5, 0.6) is 0 Å². The molecule has 7 heteroatoms. The fourth-order valence-electron chi connectivity index (χ4n) is 8.42. The Kier molecular flexibility index (Phi) is 2.42. The predicted molar refractivity (Wildman–Crippen MR) is 84.7 cm³/mol. The fourth-order valence-corrected chi connectivity index (χ4v) is 8.42. The molecule has 0 amide bonds. The Morgan fingerprint density at radius 1 is 1.27 bits per heavy atom. The molecule has 1 spiro atoms. The SMILES string of the molecule is C[C@]12C(=O)O[C@@]3([C@@H]4CC[C@@H]5C[C@]4(C[C@@]5(C)O)[C@@H](C(=O)O)[C@H]13)[C@@H](O)[C@@H]1O[C@@H]12. The molecule has 2 aliphatic heterocycles. The Bertz CT molecular complexity index is 763. The lowest BCUT2D eigenvalue weighted by atomic mass is 9.59. The number of carbonyl (C=O) groups excluding carboxylic acids is 1. The second-order valence-electron chi connectivity index (χ2n) is 10.1. The van der Waals surface area contributed by atoms with Gasteiger partial charge in [0.1, 0.15) is 29.3 Å². The number of hydrogen-bond donors (Lipinski definition) is 3. The maximum absolute atomic E-state index is 12.9. The van der Waals surface area contributed by atoms with Crippen molar-refractivity contribution in [1.29, 1.82) is 0 Å². The molecule has 6 rings (SSSR count). The van der Waals surface area contributed by atoms with Crippen molar-refractivity contribution in [2.45, 2.75) is 69.0 Å². The molecule has 6 aliphatic rings. The van der Waals surface area contributed by atoms with Crippen molar-refractivity contribution < 1.29 is 34.4 Å². The minimum absolute atomic E-state index is 0.0575. The summed E-state index contributed by atoms with van der Waals surface area (Å²) in [5.74, 6) is -3.01. The van der Waals surface area contributed by atoms with Crippen LogP contribution in [0, 0.1) is 34.5 Å². The number of fused-ring (bicyclic) bond motifs is 3. The lowest BCUT2D eigenvalue weighted by molar-refractivity contribution is -0.178. The molecule has 142 valence electrons. The summed E-state index contributed by atoms with van der Waals surface area (Å²) in [6, 6.07) is 0. The van der Waals surface area contributed by atoms with E-state index in [4.69, 9.17) is 9.47 Å². The summed E-state index contributed by atoms with van der Waals surface area (Å²) in [5.41, 5.74) is -3.79. The van der Waals surface area contributed by atoms with Crippen LogP contribution in [0.15, 0.2) is 0 Å². The molecule has 4 bridgehead atoms. The van der Waals surface area contributed by atoms with E-state index in [1.54, 1.807) is 13.8 Å². The van der Waals surface area contributed by atoms with E-state index in [0.29, 0.717) is 19.3 Å². The second kappa shape index (κ2) is 3.98. The van der Waals surface area contributed by atoms with Crippen molar-refractivity contribution in [2.75, 3.05) is 0 Å². The summed E-state index contributed by atoms with van der Waals surface area (Å²) in [6.45, 7) is 3.56. The van der Waals surface area contributed by atoms with Crippen LogP contribution in [0.25, 0.3) is 0 Å². The highest BCUT2D eigenvalue weighted by molar-refractivity contribution is 5.86. The predicted octanol–water partition coefficient (Wildman–Crippen LogP) is 0.318. The van der Waals surface area contributed by atoms with E-state index in [9.17, 15) is 24.9 Å². The van der Waals surface area contributed by atoms with Crippen molar-refractivity contribution in [2.24, 2.45) is 34.5 Å². The molecule has 0 radical (unpaired) electrons. The van der Waals surface area contributed by atoms with Gasteiger partial charge in [-0.25, -0.2) is 0 Å². The lowest BCUT2D eigenvalue weighted by Gasteiger charge is -2.45. The van der Waals surface area contributed by atoms with Crippen LogP contribution in [-0.4, -0.2) is 56.8 Å². The van der Waals surface area contributed by atoms with Crippen molar-refractivity contribution in [3.05, 3.63) is 0 Å². The molecule has 0 aromatic heterocycles. The summed E-state index contributed by atoms with van der Waals surface area (Å²) in [7, 11) is 0. The zero-order chi connectivity index (χ0) is 18.4.